The van der Waals surface area contributed by atoms with Gasteiger partial charge < -0.3 is 4.74 Å². The molecule has 0 aliphatic rings. The van der Waals surface area contributed by atoms with Crippen LogP contribution in [0.25, 0.3) is 0 Å². The number of hydrogen-bond donors (Lipinski definition) is 1. The number of benzene rings is 1. The van der Waals surface area contributed by atoms with Crippen LogP contribution in [-0.2, 0) is 4.79 Å². The molecular formula is C13H8Br3N3O4S. The molecule has 0 saturated carbocycles. The summed E-state index contributed by atoms with van der Waals surface area (Å²) in [5.41, 5.74) is 2.29. The van der Waals surface area contributed by atoms with Gasteiger partial charge in [0, 0.05) is 10.5 Å². The Morgan fingerprint density at radius 1 is 1.33 bits per heavy atom. The van der Waals surface area contributed by atoms with Gasteiger partial charge in [-0.1, -0.05) is 27.3 Å². The summed E-state index contributed by atoms with van der Waals surface area (Å²) in [6.45, 7) is -0.235. The van der Waals surface area contributed by atoms with E-state index in [1.165, 1.54) is 12.3 Å². The molecule has 24 heavy (non-hydrogen) atoms. The van der Waals surface area contributed by atoms with Crippen molar-refractivity contribution in [2.45, 2.75) is 0 Å². The van der Waals surface area contributed by atoms with Crippen LogP contribution >= 0.6 is 59.1 Å². The molecule has 2 aromatic rings. The number of carbonyl (C=O) groups excluding carboxylic acids is 1. The number of amides is 1. The number of hydrazone groups is 1. The summed E-state index contributed by atoms with van der Waals surface area (Å²) in [7, 11) is 0. The molecule has 1 aromatic carbocycles. The number of halogens is 3. The first-order chi connectivity index (χ1) is 11.4. The Balaban J connectivity index is 1.87. The Labute approximate surface area is 165 Å². The second-order valence-corrected chi connectivity index (χ2v) is 7.93. The van der Waals surface area contributed by atoms with Crippen LogP contribution in [0.3, 0.4) is 0 Å². The molecule has 1 aromatic heterocycles. The molecule has 1 heterocycles. The standard InChI is InChI=1S/C13H8Br3N3O4S/c14-7-3-9(15)13(10(16)4-7)23-6-11(20)18-17-5-8-1-2-12(24-8)19(21)22/h1-5H,6H2,(H,18,20)/b17-5-. The second-order valence-electron chi connectivity index (χ2n) is 4.21. The molecule has 0 aliphatic heterocycles. The van der Waals surface area contributed by atoms with Gasteiger partial charge in [0.05, 0.1) is 25.0 Å². The highest BCUT2D eigenvalue weighted by Crippen LogP contribution is 2.36. The Morgan fingerprint density at radius 2 is 2.00 bits per heavy atom. The second kappa shape index (κ2) is 8.70. The van der Waals surface area contributed by atoms with Crippen molar-refractivity contribution in [3.8, 4) is 5.75 Å². The molecule has 0 atom stereocenters. The SMILES string of the molecule is O=C(COc1c(Br)cc(Br)cc1Br)N/N=C\c1ccc([N+](=O)[O-])s1. The van der Waals surface area contributed by atoms with Gasteiger partial charge in [-0.05, 0) is 50.1 Å². The lowest BCUT2D eigenvalue weighted by Gasteiger charge is -2.09. The van der Waals surface area contributed by atoms with E-state index in [2.05, 4.69) is 58.3 Å². The lowest BCUT2D eigenvalue weighted by Crippen LogP contribution is -2.24. The monoisotopic (exact) mass is 539 g/mol. The van der Waals surface area contributed by atoms with Gasteiger partial charge in [0.1, 0.15) is 5.75 Å². The van der Waals surface area contributed by atoms with Gasteiger partial charge in [0.2, 0.25) is 0 Å². The zero-order valence-electron chi connectivity index (χ0n) is 11.7. The van der Waals surface area contributed by atoms with Crippen molar-refractivity contribution in [2.24, 2.45) is 5.10 Å². The molecule has 0 aliphatic carbocycles. The van der Waals surface area contributed by atoms with Crippen molar-refractivity contribution in [1.29, 1.82) is 0 Å². The number of ether oxygens (including phenoxy) is 1. The van der Waals surface area contributed by atoms with Crippen LogP contribution < -0.4 is 10.2 Å². The van der Waals surface area contributed by atoms with Crippen LogP contribution in [0.15, 0.2) is 42.8 Å². The van der Waals surface area contributed by atoms with Crippen molar-refractivity contribution in [1.82, 2.24) is 5.43 Å². The molecular weight excluding hydrogens is 534 g/mol. The third-order valence-corrected chi connectivity index (χ3v) is 5.09. The number of nitrogens with zero attached hydrogens (tertiary/aromatic N) is 2. The van der Waals surface area contributed by atoms with E-state index in [9.17, 15) is 14.9 Å². The minimum atomic E-state index is -0.484. The maximum atomic E-state index is 11.7. The molecule has 0 radical (unpaired) electrons. The summed E-state index contributed by atoms with van der Waals surface area (Å²) in [6.07, 6.45) is 1.33. The van der Waals surface area contributed by atoms with E-state index >= 15 is 0 Å². The Bertz CT molecular complexity index is 787. The summed E-state index contributed by atoms with van der Waals surface area (Å²) in [5, 5.41) is 14.3. The van der Waals surface area contributed by atoms with E-state index < -0.39 is 10.8 Å². The molecule has 11 heteroatoms. The topological polar surface area (TPSA) is 93.8 Å². The van der Waals surface area contributed by atoms with E-state index in [0.29, 0.717) is 19.6 Å². The molecule has 126 valence electrons. The van der Waals surface area contributed by atoms with Crippen LogP contribution in [0.1, 0.15) is 4.88 Å². The van der Waals surface area contributed by atoms with Crippen LogP contribution in [0.5, 0.6) is 5.75 Å². The minimum Gasteiger partial charge on any atom is -0.481 e. The maximum absolute atomic E-state index is 11.7. The summed E-state index contributed by atoms with van der Waals surface area (Å²) in [4.78, 5) is 22.4. The van der Waals surface area contributed by atoms with Crippen molar-refractivity contribution in [3.63, 3.8) is 0 Å². The first-order valence-corrected chi connectivity index (χ1v) is 9.40. The fourth-order valence-electron chi connectivity index (χ4n) is 1.51. The number of nitro groups is 1. The van der Waals surface area contributed by atoms with Gasteiger partial charge in [-0.25, -0.2) is 5.43 Å². The van der Waals surface area contributed by atoms with Crippen LogP contribution in [0.4, 0.5) is 5.00 Å². The molecule has 0 unspecified atom stereocenters. The molecule has 1 N–H and O–H groups in total. The fraction of sp³-hybridized carbons (Fsp3) is 0.0769. The summed E-state index contributed by atoms with van der Waals surface area (Å²) >= 11 is 11.0. The van der Waals surface area contributed by atoms with E-state index in [0.717, 1.165) is 15.8 Å². The molecule has 1 amide bonds. The summed E-state index contributed by atoms with van der Waals surface area (Å²) in [6, 6.07) is 6.50. The van der Waals surface area contributed by atoms with Crippen molar-refractivity contribution in [3.05, 3.63) is 52.7 Å². The van der Waals surface area contributed by atoms with Crippen LogP contribution in [0.2, 0.25) is 0 Å². The summed E-state index contributed by atoms with van der Waals surface area (Å²) < 4.78 is 7.66. The number of hydrogen-bond acceptors (Lipinski definition) is 6. The molecule has 7 nitrogen and oxygen atoms in total. The highest BCUT2D eigenvalue weighted by molar-refractivity contribution is 9.11. The van der Waals surface area contributed by atoms with Gasteiger partial charge in [-0.15, -0.1) is 0 Å². The normalized spacial score (nSPS) is 10.8. The minimum absolute atomic E-state index is 0.0102. The van der Waals surface area contributed by atoms with E-state index in [1.807, 2.05) is 0 Å². The van der Waals surface area contributed by atoms with Gasteiger partial charge in [0.15, 0.2) is 6.61 Å². The molecule has 0 fully saturated rings. The van der Waals surface area contributed by atoms with Crippen molar-refractivity contribution < 1.29 is 14.5 Å². The smallest absolute Gasteiger partial charge is 0.324 e. The largest absolute Gasteiger partial charge is 0.481 e. The first kappa shape index (κ1) is 19.0. The highest BCUT2D eigenvalue weighted by Gasteiger charge is 2.11. The molecule has 0 bridgehead atoms. The van der Waals surface area contributed by atoms with Crippen molar-refractivity contribution >= 4 is 76.2 Å². The molecule has 2 rings (SSSR count). The third-order valence-electron chi connectivity index (χ3n) is 2.48. The highest BCUT2D eigenvalue weighted by atomic mass is 79.9. The van der Waals surface area contributed by atoms with Crippen LogP contribution in [-0.4, -0.2) is 23.7 Å². The quantitative estimate of drug-likeness (QED) is 0.332. The van der Waals surface area contributed by atoms with Crippen LogP contribution in [0, 0.1) is 10.1 Å². The number of carbonyl (C=O) groups is 1. The average molecular weight is 542 g/mol. The van der Waals surface area contributed by atoms with Gasteiger partial charge >= 0.3 is 5.00 Å². The predicted molar refractivity (Wildman–Crippen MR) is 102 cm³/mol. The first-order valence-electron chi connectivity index (χ1n) is 6.20. The Hall–Kier alpha value is -1.30. The number of rotatable bonds is 6. The number of thiophene rings is 1. The molecule has 0 saturated heterocycles. The van der Waals surface area contributed by atoms with Crippen molar-refractivity contribution in [2.75, 3.05) is 6.61 Å². The average Bonchev–Trinajstić information content (AvgIpc) is 2.95. The summed E-state index contributed by atoms with van der Waals surface area (Å²) in [5.74, 6) is 0.0326. The van der Waals surface area contributed by atoms with E-state index in [-0.39, 0.29) is 11.6 Å². The predicted octanol–water partition coefficient (Wildman–Crippen LogP) is 4.47. The Kier molecular flexibility index (Phi) is 6.90. The van der Waals surface area contributed by atoms with E-state index in [1.54, 1.807) is 18.2 Å². The van der Waals surface area contributed by atoms with Gasteiger partial charge in [-0.2, -0.15) is 5.10 Å². The number of nitrogens with one attached hydrogen (secondary N) is 1. The third kappa shape index (κ3) is 5.36. The van der Waals surface area contributed by atoms with Gasteiger partial charge in [0.25, 0.3) is 5.91 Å². The zero-order valence-corrected chi connectivity index (χ0v) is 17.2. The lowest BCUT2D eigenvalue weighted by molar-refractivity contribution is -0.380. The van der Waals surface area contributed by atoms with Gasteiger partial charge in [-0.3, -0.25) is 14.9 Å². The van der Waals surface area contributed by atoms with E-state index in [4.69, 9.17) is 4.74 Å². The molecule has 0 spiro atoms. The lowest BCUT2D eigenvalue weighted by atomic mass is 10.3. The fourth-order valence-corrected chi connectivity index (χ4v) is 4.70. The maximum Gasteiger partial charge on any atom is 0.324 e. The zero-order chi connectivity index (χ0) is 17.7. The Morgan fingerprint density at radius 3 is 2.58 bits per heavy atom.